The minimum atomic E-state index is -0.873. The van der Waals surface area contributed by atoms with Gasteiger partial charge in [0.25, 0.3) is 5.91 Å². The average Bonchev–Trinajstić information content (AvgIpc) is 2.78. The quantitative estimate of drug-likeness (QED) is 0.793. The summed E-state index contributed by atoms with van der Waals surface area (Å²) in [5.41, 5.74) is -0.873. The zero-order valence-electron chi connectivity index (χ0n) is 13.8. The maximum Gasteiger partial charge on any atom is 0.325 e. The molecule has 1 aliphatic carbocycles. The number of carbonyl (C=O) groups is 3. The van der Waals surface area contributed by atoms with E-state index in [1.54, 1.807) is 6.92 Å². The molecule has 2 aliphatic heterocycles. The van der Waals surface area contributed by atoms with E-state index in [4.69, 9.17) is 0 Å². The van der Waals surface area contributed by atoms with Crippen LogP contribution in [0, 0.1) is 0 Å². The number of hydrogen-bond donors (Lipinski definition) is 1. The third kappa shape index (κ3) is 2.95. The first-order valence-corrected chi connectivity index (χ1v) is 9.56. The first-order valence-electron chi connectivity index (χ1n) is 8.51. The van der Waals surface area contributed by atoms with Gasteiger partial charge in [0.1, 0.15) is 12.1 Å². The SMILES string of the molecule is CC[C@]1(C)NC(=O)N(CC(=O)N2CCS[C@H]3CCCC[C@H]32)C1=O. The van der Waals surface area contributed by atoms with Gasteiger partial charge in [0, 0.05) is 23.6 Å². The molecule has 0 aromatic heterocycles. The molecule has 128 valence electrons. The molecule has 3 rings (SSSR count). The minimum absolute atomic E-state index is 0.0916. The summed E-state index contributed by atoms with van der Waals surface area (Å²) in [4.78, 5) is 40.3. The molecular weight excluding hydrogens is 314 g/mol. The van der Waals surface area contributed by atoms with Crippen molar-refractivity contribution < 1.29 is 14.4 Å². The molecule has 6 nitrogen and oxygen atoms in total. The highest BCUT2D eigenvalue weighted by atomic mass is 32.2. The fraction of sp³-hybridized carbons (Fsp3) is 0.812. The van der Waals surface area contributed by atoms with Crippen LogP contribution in [0.3, 0.4) is 0 Å². The Morgan fingerprint density at radius 1 is 1.35 bits per heavy atom. The number of imide groups is 1. The van der Waals surface area contributed by atoms with Crippen LogP contribution in [0.25, 0.3) is 0 Å². The van der Waals surface area contributed by atoms with Crippen molar-refractivity contribution in [1.29, 1.82) is 0 Å². The van der Waals surface area contributed by atoms with Gasteiger partial charge in [-0.05, 0) is 26.2 Å². The number of rotatable bonds is 3. The van der Waals surface area contributed by atoms with E-state index in [1.807, 2.05) is 23.6 Å². The van der Waals surface area contributed by atoms with E-state index < -0.39 is 11.6 Å². The molecule has 0 unspecified atom stereocenters. The average molecular weight is 339 g/mol. The molecule has 3 aliphatic rings. The number of hydrogen-bond acceptors (Lipinski definition) is 4. The highest BCUT2D eigenvalue weighted by Gasteiger charge is 2.48. The molecular formula is C16H25N3O3S. The van der Waals surface area contributed by atoms with Crippen LogP contribution in [-0.2, 0) is 9.59 Å². The second kappa shape index (κ2) is 6.34. The third-order valence-electron chi connectivity index (χ3n) is 5.40. The van der Waals surface area contributed by atoms with Crippen LogP contribution in [0.5, 0.6) is 0 Å². The zero-order valence-corrected chi connectivity index (χ0v) is 14.7. The lowest BCUT2D eigenvalue weighted by Gasteiger charge is -2.43. The highest BCUT2D eigenvalue weighted by Crippen LogP contribution is 2.35. The van der Waals surface area contributed by atoms with E-state index in [0.29, 0.717) is 11.7 Å². The Labute approximate surface area is 141 Å². The summed E-state index contributed by atoms with van der Waals surface area (Å²) in [7, 11) is 0. The minimum Gasteiger partial charge on any atom is -0.336 e. The van der Waals surface area contributed by atoms with Gasteiger partial charge in [-0.25, -0.2) is 4.79 Å². The molecule has 1 saturated carbocycles. The van der Waals surface area contributed by atoms with Gasteiger partial charge in [-0.3, -0.25) is 14.5 Å². The molecule has 3 fully saturated rings. The van der Waals surface area contributed by atoms with Crippen molar-refractivity contribution in [2.24, 2.45) is 0 Å². The maximum absolute atomic E-state index is 12.7. The lowest BCUT2D eigenvalue weighted by atomic mass is 9.93. The number of thioether (sulfide) groups is 1. The van der Waals surface area contributed by atoms with Crippen LogP contribution in [0.1, 0.15) is 46.0 Å². The second-order valence-electron chi connectivity index (χ2n) is 6.86. The largest absolute Gasteiger partial charge is 0.336 e. The molecule has 7 heteroatoms. The molecule has 0 bridgehead atoms. The number of fused-ring (bicyclic) bond motifs is 1. The van der Waals surface area contributed by atoms with E-state index in [0.717, 1.165) is 36.5 Å². The van der Waals surface area contributed by atoms with Crippen molar-refractivity contribution in [2.75, 3.05) is 18.8 Å². The van der Waals surface area contributed by atoms with Gasteiger partial charge in [-0.2, -0.15) is 11.8 Å². The molecule has 4 amide bonds. The van der Waals surface area contributed by atoms with Gasteiger partial charge in [-0.15, -0.1) is 0 Å². The van der Waals surface area contributed by atoms with Gasteiger partial charge in [0.2, 0.25) is 5.91 Å². The standard InChI is InChI=1S/C16H25N3O3S/c1-3-16(2)14(21)19(15(22)17-16)10-13(20)18-8-9-23-12-7-5-4-6-11(12)18/h11-12H,3-10H2,1-2H3,(H,17,22)/t11-,12+,16+/m1/s1. The molecule has 0 aromatic carbocycles. The Balaban J connectivity index is 1.69. The molecule has 0 aromatic rings. The summed E-state index contributed by atoms with van der Waals surface area (Å²) >= 11 is 1.96. The number of nitrogens with zero attached hydrogens (tertiary/aromatic N) is 2. The van der Waals surface area contributed by atoms with Gasteiger partial charge in [0.15, 0.2) is 0 Å². The van der Waals surface area contributed by atoms with Gasteiger partial charge < -0.3 is 10.2 Å². The predicted octanol–water partition coefficient (Wildman–Crippen LogP) is 1.59. The summed E-state index contributed by atoms with van der Waals surface area (Å²) < 4.78 is 0. The van der Waals surface area contributed by atoms with Crippen LogP contribution in [-0.4, -0.2) is 63.3 Å². The van der Waals surface area contributed by atoms with E-state index >= 15 is 0 Å². The Hall–Kier alpha value is -1.24. The normalized spacial score (nSPS) is 34.3. The van der Waals surface area contributed by atoms with Crippen molar-refractivity contribution in [3.63, 3.8) is 0 Å². The summed E-state index contributed by atoms with van der Waals surface area (Å²) in [6.45, 7) is 4.16. The van der Waals surface area contributed by atoms with E-state index in [2.05, 4.69) is 5.32 Å². The molecule has 0 radical (unpaired) electrons. The molecule has 2 saturated heterocycles. The maximum atomic E-state index is 12.7. The van der Waals surface area contributed by atoms with Crippen LogP contribution >= 0.6 is 11.8 Å². The molecule has 3 atom stereocenters. The first kappa shape index (κ1) is 16.6. The third-order valence-corrected chi connectivity index (χ3v) is 6.79. The van der Waals surface area contributed by atoms with Crippen molar-refractivity contribution in [3.05, 3.63) is 0 Å². The van der Waals surface area contributed by atoms with Gasteiger partial charge >= 0.3 is 6.03 Å². The monoisotopic (exact) mass is 339 g/mol. The Morgan fingerprint density at radius 3 is 2.78 bits per heavy atom. The number of nitrogens with one attached hydrogen (secondary N) is 1. The lowest BCUT2D eigenvalue weighted by molar-refractivity contribution is -0.140. The topological polar surface area (TPSA) is 69.7 Å². The summed E-state index contributed by atoms with van der Waals surface area (Å²) in [5, 5.41) is 3.23. The van der Waals surface area contributed by atoms with Crippen molar-refractivity contribution in [1.82, 2.24) is 15.1 Å². The molecule has 0 spiro atoms. The molecule has 1 N–H and O–H groups in total. The van der Waals surface area contributed by atoms with Crippen molar-refractivity contribution in [2.45, 2.75) is 62.8 Å². The van der Waals surface area contributed by atoms with Crippen LogP contribution in [0.2, 0.25) is 0 Å². The predicted molar refractivity (Wildman–Crippen MR) is 89.2 cm³/mol. The van der Waals surface area contributed by atoms with E-state index in [9.17, 15) is 14.4 Å². The summed E-state index contributed by atoms with van der Waals surface area (Å²) in [5.74, 6) is 0.565. The van der Waals surface area contributed by atoms with E-state index in [-0.39, 0.29) is 24.4 Å². The molecule has 2 heterocycles. The highest BCUT2D eigenvalue weighted by molar-refractivity contribution is 8.00. The van der Waals surface area contributed by atoms with Crippen LogP contribution < -0.4 is 5.32 Å². The van der Waals surface area contributed by atoms with Crippen LogP contribution in [0.4, 0.5) is 4.79 Å². The van der Waals surface area contributed by atoms with Gasteiger partial charge in [-0.1, -0.05) is 19.8 Å². The number of carbonyl (C=O) groups excluding carboxylic acids is 3. The Bertz CT molecular complexity index is 525. The Kier molecular flexibility index (Phi) is 4.58. The van der Waals surface area contributed by atoms with Crippen LogP contribution in [0.15, 0.2) is 0 Å². The first-order chi connectivity index (χ1) is 11.0. The van der Waals surface area contributed by atoms with Gasteiger partial charge in [0.05, 0.1) is 0 Å². The zero-order chi connectivity index (χ0) is 16.6. The summed E-state index contributed by atoms with van der Waals surface area (Å²) in [6, 6.07) is -0.174. The number of amides is 4. The second-order valence-corrected chi connectivity index (χ2v) is 8.20. The Morgan fingerprint density at radius 2 is 2.09 bits per heavy atom. The summed E-state index contributed by atoms with van der Waals surface area (Å²) in [6.07, 6.45) is 5.11. The lowest BCUT2D eigenvalue weighted by Crippen LogP contribution is -2.54. The molecule has 23 heavy (non-hydrogen) atoms. The smallest absolute Gasteiger partial charge is 0.325 e. The number of urea groups is 1. The van der Waals surface area contributed by atoms with Crippen molar-refractivity contribution in [3.8, 4) is 0 Å². The van der Waals surface area contributed by atoms with E-state index in [1.165, 1.54) is 6.42 Å². The fourth-order valence-corrected chi connectivity index (χ4v) is 5.21. The fourth-order valence-electron chi connectivity index (χ4n) is 3.76. The van der Waals surface area contributed by atoms with Crippen molar-refractivity contribution >= 4 is 29.6 Å².